The molecule has 1 saturated carbocycles. The van der Waals surface area contributed by atoms with Crippen LogP contribution in [0.2, 0.25) is 0 Å². The number of benzene rings is 1. The van der Waals surface area contributed by atoms with Crippen LogP contribution in [0.3, 0.4) is 0 Å². The number of ether oxygens (including phenoxy) is 1. The molecule has 2 aromatic heterocycles. The highest BCUT2D eigenvalue weighted by Gasteiger charge is 2.32. The minimum absolute atomic E-state index is 0.163. The highest BCUT2D eigenvalue weighted by Crippen LogP contribution is 2.34. The fourth-order valence-corrected chi connectivity index (χ4v) is 3.57. The van der Waals surface area contributed by atoms with E-state index in [1.165, 1.54) is 6.08 Å². The molecule has 9 heteroatoms. The zero-order valence-corrected chi connectivity index (χ0v) is 17.5. The first-order chi connectivity index (χ1) is 14.3. The Morgan fingerprint density at radius 2 is 2.03 bits per heavy atom. The van der Waals surface area contributed by atoms with Gasteiger partial charge in [0.15, 0.2) is 15.5 Å². The topological polar surface area (TPSA) is 103 Å². The van der Waals surface area contributed by atoms with Gasteiger partial charge in [-0.15, -0.1) is 0 Å². The molecule has 0 aliphatic heterocycles. The average Bonchev–Trinajstić information content (AvgIpc) is 3.49. The number of hydrogen-bond donors (Lipinski definition) is 1. The minimum atomic E-state index is -3.28. The molecule has 1 fully saturated rings. The van der Waals surface area contributed by atoms with Crippen molar-refractivity contribution in [3.63, 3.8) is 0 Å². The maximum Gasteiger partial charge on any atom is 0.257 e. The van der Waals surface area contributed by atoms with E-state index in [4.69, 9.17) is 4.74 Å². The number of nitrogens with zero attached hydrogens (tertiary/aromatic N) is 3. The molecule has 1 aromatic carbocycles. The van der Waals surface area contributed by atoms with Crippen LogP contribution in [0.1, 0.15) is 23.2 Å². The van der Waals surface area contributed by atoms with Gasteiger partial charge in [-0.1, -0.05) is 24.3 Å². The smallest absolute Gasteiger partial charge is 0.257 e. The van der Waals surface area contributed by atoms with E-state index in [0.717, 1.165) is 24.5 Å². The van der Waals surface area contributed by atoms with Crippen LogP contribution < -0.4 is 10.1 Å². The number of imidazole rings is 1. The van der Waals surface area contributed by atoms with Gasteiger partial charge >= 0.3 is 0 Å². The molecule has 2 heterocycles. The minimum Gasteiger partial charge on any atom is -0.438 e. The summed E-state index contributed by atoms with van der Waals surface area (Å²) in [5.41, 5.74) is 1.40. The lowest BCUT2D eigenvalue weighted by molar-refractivity contribution is 0.0938. The Labute approximate surface area is 174 Å². The van der Waals surface area contributed by atoms with E-state index in [0.29, 0.717) is 16.9 Å². The van der Waals surface area contributed by atoms with Crippen molar-refractivity contribution >= 4 is 26.9 Å². The van der Waals surface area contributed by atoms with Crippen LogP contribution in [-0.4, -0.2) is 41.2 Å². The highest BCUT2D eigenvalue weighted by atomic mass is 32.2. The summed E-state index contributed by atoms with van der Waals surface area (Å²) in [4.78, 5) is 21.9. The average molecular weight is 426 g/mol. The highest BCUT2D eigenvalue weighted by molar-refractivity contribution is 7.93. The number of para-hydroxylation sites is 1. The van der Waals surface area contributed by atoms with Gasteiger partial charge in [0.2, 0.25) is 5.88 Å². The molecule has 1 amide bonds. The quantitative estimate of drug-likeness (QED) is 0.623. The summed E-state index contributed by atoms with van der Waals surface area (Å²) in [6.45, 7) is 0. The van der Waals surface area contributed by atoms with Crippen LogP contribution in [0.25, 0.3) is 11.2 Å². The van der Waals surface area contributed by atoms with Gasteiger partial charge in [0.1, 0.15) is 16.8 Å². The third-order valence-corrected chi connectivity index (χ3v) is 5.47. The number of hydrogen-bond acceptors (Lipinski definition) is 6. The zero-order chi connectivity index (χ0) is 21.3. The van der Waals surface area contributed by atoms with E-state index in [-0.39, 0.29) is 23.4 Å². The van der Waals surface area contributed by atoms with Gasteiger partial charge in [0.05, 0.1) is 12.4 Å². The Hall–Kier alpha value is -3.20. The molecule has 0 bridgehead atoms. The third kappa shape index (κ3) is 4.68. The lowest BCUT2D eigenvalue weighted by Gasteiger charge is -2.16. The summed E-state index contributed by atoms with van der Waals surface area (Å²) >= 11 is 0. The normalized spacial score (nSPS) is 15.4. The van der Waals surface area contributed by atoms with Crippen LogP contribution in [0.15, 0.2) is 54.2 Å². The van der Waals surface area contributed by atoms with E-state index >= 15 is 0 Å². The molecule has 156 valence electrons. The SMILES string of the molecule is Cn1cnc2cc(C(=O)N[C@H](/C=C/S(C)(=O)=O)C3CC3)c(Oc3ccccc3)nc21. The molecule has 1 N–H and O–H groups in total. The Kier molecular flexibility index (Phi) is 5.29. The van der Waals surface area contributed by atoms with Gasteiger partial charge < -0.3 is 14.6 Å². The van der Waals surface area contributed by atoms with Crippen LogP contribution >= 0.6 is 0 Å². The van der Waals surface area contributed by atoms with Gasteiger partial charge in [-0.2, -0.15) is 4.98 Å². The van der Waals surface area contributed by atoms with Crippen molar-refractivity contribution in [2.45, 2.75) is 18.9 Å². The lowest BCUT2D eigenvalue weighted by atomic mass is 10.1. The maximum atomic E-state index is 13.1. The molecule has 8 nitrogen and oxygen atoms in total. The summed E-state index contributed by atoms with van der Waals surface area (Å²) in [6, 6.07) is 10.3. The number of fused-ring (bicyclic) bond motifs is 1. The molecule has 0 saturated heterocycles. The van der Waals surface area contributed by atoms with Crippen molar-refractivity contribution in [2.75, 3.05) is 6.26 Å². The standard InChI is InChI=1S/C21H22N4O4S/c1-25-13-22-18-12-16(21(24-19(18)25)29-15-6-4-3-5-7-15)20(26)23-17(14-8-9-14)10-11-30(2,27)28/h3-7,10-14,17H,8-9H2,1-2H3,(H,23,26)/b11-10+/t17-/m1/s1. The molecule has 0 spiro atoms. The van der Waals surface area contributed by atoms with E-state index in [2.05, 4.69) is 15.3 Å². The molecular weight excluding hydrogens is 404 g/mol. The Bertz CT molecular complexity index is 1210. The molecule has 0 unspecified atom stereocenters. The van der Waals surface area contributed by atoms with E-state index < -0.39 is 15.7 Å². The molecule has 1 atom stereocenters. The number of pyridine rings is 1. The van der Waals surface area contributed by atoms with Crippen molar-refractivity contribution in [2.24, 2.45) is 13.0 Å². The lowest BCUT2D eigenvalue weighted by Crippen LogP contribution is -2.35. The van der Waals surface area contributed by atoms with Gasteiger partial charge in [0.25, 0.3) is 5.91 Å². The van der Waals surface area contributed by atoms with Crippen molar-refractivity contribution in [3.05, 3.63) is 59.8 Å². The van der Waals surface area contributed by atoms with Gasteiger partial charge in [0, 0.05) is 18.7 Å². The number of amides is 1. The maximum absolute atomic E-state index is 13.1. The summed E-state index contributed by atoms with van der Waals surface area (Å²) < 4.78 is 30.7. The number of rotatable bonds is 7. The monoisotopic (exact) mass is 426 g/mol. The number of aromatic nitrogens is 3. The molecule has 3 aromatic rings. The second-order valence-electron chi connectivity index (χ2n) is 7.45. The van der Waals surface area contributed by atoms with Crippen LogP contribution in [0, 0.1) is 5.92 Å². The molecule has 1 aliphatic rings. The Balaban J connectivity index is 1.68. The predicted octanol–water partition coefficient (Wildman–Crippen LogP) is 2.83. The van der Waals surface area contributed by atoms with E-state index in [1.54, 1.807) is 29.1 Å². The second kappa shape index (κ2) is 7.91. The molecule has 0 radical (unpaired) electrons. The molecule has 4 rings (SSSR count). The van der Waals surface area contributed by atoms with Gasteiger partial charge in [-0.05, 0) is 37.0 Å². The second-order valence-corrected chi connectivity index (χ2v) is 9.38. The van der Waals surface area contributed by atoms with Crippen LogP contribution in [0.5, 0.6) is 11.6 Å². The Morgan fingerprint density at radius 3 is 2.70 bits per heavy atom. The summed E-state index contributed by atoms with van der Waals surface area (Å²) in [6.07, 6.45) is 6.15. The fourth-order valence-electron chi connectivity index (χ4n) is 3.11. The molecular formula is C21H22N4O4S. The van der Waals surface area contributed by atoms with Crippen LogP contribution in [-0.2, 0) is 16.9 Å². The van der Waals surface area contributed by atoms with Crippen molar-refractivity contribution in [1.29, 1.82) is 0 Å². The van der Waals surface area contributed by atoms with Crippen LogP contribution in [0.4, 0.5) is 0 Å². The number of carbonyl (C=O) groups excluding carboxylic acids is 1. The number of nitrogens with one attached hydrogen (secondary N) is 1. The molecule has 30 heavy (non-hydrogen) atoms. The first-order valence-corrected chi connectivity index (χ1v) is 11.5. The largest absolute Gasteiger partial charge is 0.438 e. The summed E-state index contributed by atoms with van der Waals surface area (Å²) in [5.74, 6) is 0.542. The van der Waals surface area contributed by atoms with E-state index in [1.807, 2.05) is 25.2 Å². The molecule has 1 aliphatic carbocycles. The third-order valence-electron chi connectivity index (χ3n) is 4.82. The fraction of sp³-hybridized carbons (Fsp3) is 0.286. The van der Waals surface area contributed by atoms with Crippen molar-refractivity contribution in [1.82, 2.24) is 19.9 Å². The number of sulfone groups is 1. The van der Waals surface area contributed by atoms with E-state index in [9.17, 15) is 13.2 Å². The first kappa shape index (κ1) is 20.1. The zero-order valence-electron chi connectivity index (χ0n) is 16.6. The Morgan fingerprint density at radius 1 is 1.30 bits per heavy atom. The van der Waals surface area contributed by atoms with Gasteiger partial charge in [-0.3, -0.25) is 4.79 Å². The number of carbonyl (C=O) groups is 1. The van der Waals surface area contributed by atoms with Crippen molar-refractivity contribution in [3.8, 4) is 11.6 Å². The summed E-state index contributed by atoms with van der Waals surface area (Å²) in [7, 11) is -1.47. The van der Waals surface area contributed by atoms with Gasteiger partial charge in [-0.25, -0.2) is 13.4 Å². The first-order valence-electron chi connectivity index (χ1n) is 9.54. The van der Waals surface area contributed by atoms with Crippen molar-refractivity contribution < 1.29 is 17.9 Å². The summed E-state index contributed by atoms with van der Waals surface area (Å²) in [5, 5.41) is 4.06. The number of aryl methyl sites for hydroxylation is 1. The predicted molar refractivity (Wildman–Crippen MR) is 113 cm³/mol.